The smallest absolute Gasteiger partial charge is 0.261 e. The van der Waals surface area contributed by atoms with Gasteiger partial charge in [-0.2, -0.15) is 4.31 Å². The molecule has 1 aliphatic rings. The van der Waals surface area contributed by atoms with Crippen molar-refractivity contribution in [2.24, 2.45) is 0 Å². The fraction of sp³-hybridized carbons (Fsp3) is 0.400. The predicted molar refractivity (Wildman–Crippen MR) is 115 cm³/mol. The molecule has 0 bridgehead atoms. The third-order valence-electron chi connectivity index (χ3n) is 4.68. The van der Waals surface area contributed by atoms with Gasteiger partial charge >= 0.3 is 0 Å². The van der Waals surface area contributed by atoms with Crippen molar-refractivity contribution in [3.05, 3.63) is 40.6 Å². The summed E-state index contributed by atoms with van der Waals surface area (Å²) >= 11 is 1.28. The maximum absolute atomic E-state index is 13.1. The molecule has 3 rings (SSSR count). The van der Waals surface area contributed by atoms with E-state index in [2.05, 4.69) is 10.6 Å². The molecule has 1 saturated heterocycles. The average molecular weight is 452 g/mol. The number of nitrogens with one attached hydrogen (secondary N) is 2. The lowest BCUT2D eigenvalue weighted by atomic mass is 10.2. The van der Waals surface area contributed by atoms with Crippen molar-refractivity contribution in [1.82, 2.24) is 9.62 Å². The maximum Gasteiger partial charge on any atom is 0.261 e. The Morgan fingerprint density at radius 1 is 1.23 bits per heavy atom. The van der Waals surface area contributed by atoms with Crippen LogP contribution in [0.1, 0.15) is 36.4 Å². The van der Waals surface area contributed by atoms with Gasteiger partial charge in [0.2, 0.25) is 15.9 Å². The first-order valence-electron chi connectivity index (χ1n) is 9.75. The van der Waals surface area contributed by atoms with E-state index in [4.69, 9.17) is 4.74 Å². The second kappa shape index (κ2) is 9.59. The lowest BCUT2D eigenvalue weighted by molar-refractivity contribution is -0.117. The largest absolute Gasteiger partial charge is 0.492 e. The molecule has 10 heteroatoms. The van der Waals surface area contributed by atoms with Crippen molar-refractivity contribution in [1.29, 1.82) is 0 Å². The molecule has 0 radical (unpaired) electrons. The van der Waals surface area contributed by atoms with Crippen molar-refractivity contribution in [2.75, 3.05) is 25.0 Å². The molecule has 1 fully saturated rings. The predicted octanol–water partition coefficient (Wildman–Crippen LogP) is 2.69. The van der Waals surface area contributed by atoms with Crippen LogP contribution in [0.3, 0.4) is 0 Å². The van der Waals surface area contributed by atoms with E-state index in [1.807, 2.05) is 0 Å². The highest BCUT2D eigenvalue weighted by molar-refractivity contribution is 7.89. The summed E-state index contributed by atoms with van der Waals surface area (Å²) < 4.78 is 33.1. The van der Waals surface area contributed by atoms with E-state index in [0.717, 1.165) is 12.8 Å². The highest BCUT2D eigenvalue weighted by atomic mass is 32.2. The summed E-state index contributed by atoms with van der Waals surface area (Å²) in [4.78, 5) is 25.2. The molecule has 1 aliphatic heterocycles. The number of anilines is 1. The van der Waals surface area contributed by atoms with Crippen molar-refractivity contribution >= 4 is 38.9 Å². The van der Waals surface area contributed by atoms with Gasteiger partial charge in [-0.25, -0.2) is 8.42 Å². The van der Waals surface area contributed by atoms with Crippen LogP contribution in [-0.4, -0.2) is 50.3 Å². The van der Waals surface area contributed by atoms with Crippen molar-refractivity contribution in [3.8, 4) is 5.75 Å². The third kappa shape index (κ3) is 5.00. The van der Waals surface area contributed by atoms with Gasteiger partial charge in [-0.05, 0) is 56.3 Å². The second-order valence-electron chi connectivity index (χ2n) is 6.87. The molecule has 2 amide bonds. The summed E-state index contributed by atoms with van der Waals surface area (Å²) in [6.45, 7) is 4.60. The van der Waals surface area contributed by atoms with Crippen LogP contribution in [0.25, 0.3) is 0 Å². The molecule has 1 unspecified atom stereocenters. The van der Waals surface area contributed by atoms with E-state index in [9.17, 15) is 18.0 Å². The van der Waals surface area contributed by atoms with E-state index >= 15 is 0 Å². The lowest BCUT2D eigenvalue weighted by Crippen LogP contribution is -2.41. The fourth-order valence-electron chi connectivity index (χ4n) is 3.12. The zero-order valence-corrected chi connectivity index (χ0v) is 18.5. The number of ether oxygens (including phenoxy) is 1. The number of amides is 2. The molecule has 2 aromatic rings. The van der Waals surface area contributed by atoms with Crippen molar-refractivity contribution in [2.45, 2.75) is 37.6 Å². The molecule has 0 spiro atoms. The van der Waals surface area contributed by atoms with E-state index < -0.39 is 22.0 Å². The first-order valence-corrected chi connectivity index (χ1v) is 12.1. The van der Waals surface area contributed by atoms with Gasteiger partial charge in [-0.1, -0.05) is 6.07 Å². The van der Waals surface area contributed by atoms with Gasteiger partial charge in [-0.15, -0.1) is 11.3 Å². The number of hydrogen-bond donors (Lipinski definition) is 2. The Balaban J connectivity index is 1.77. The number of nitrogens with zero attached hydrogens (tertiary/aromatic N) is 1. The van der Waals surface area contributed by atoms with Crippen molar-refractivity contribution < 1.29 is 22.7 Å². The first-order chi connectivity index (χ1) is 14.3. The van der Waals surface area contributed by atoms with E-state index in [0.29, 0.717) is 30.3 Å². The first kappa shape index (κ1) is 22.3. The monoisotopic (exact) mass is 451 g/mol. The maximum atomic E-state index is 13.1. The van der Waals surface area contributed by atoms with Gasteiger partial charge in [0, 0.05) is 18.8 Å². The van der Waals surface area contributed by atoms with E-state index in [1.165, 1.54) is 27.8 Å². The van der Waals surface area contributed by atoms with Gasteiger partial charge in [0.1, 0.15) is 16.7 Å². The van der Waals surface area contributed by atoms with Crippen LogP contribution in [0.5, 0.6) is 5.75 Å². The third-order valence-corrected chi connectivity index (χ3v) is 7.47. The Hall–Kier alpha value is -2.43. The summed E-state index contributed by atoms with van der Waals surface area (Å²) in [7, 11) is -3.73. The number of sulfonamides is 1. The summed E-state index contributed by atoms with van der Waals surface area (Å²) in [5, 5.41) is 7.09. The molecule has 2 N–H and O–H groups in total. The van der Waals surface area contributed by atoms with Gasteiger partial charge in [0.05, 0.1) is 11.5 Å². The molecule has 1 aromatic heterocycles. The molecular weight excluding hydrogens is 426 g/mol. The molecule has 8 nitrogen and oxygen atoms in total. The van der Waals surface area contributed by atoms with Crippen LogP contribution in [0.4, 0.5) is 5.69 Å². The number of rotatable bonds is 8. The van der Waals surface area contributed by atoms with Gasteiger partial charge in [-0.3, -0.25) is 9.59 Å². The molecule has 162 valence electrons. The number of benzene rings is 1. The lowest BCUT2D eigenvalue weighted by Gasteiger charge is -2.19. The highest BCUT2D eigenvalue weighted by Gasteiger charge is 2.30. The van der Waals surface area contributed by atoms with Crippen LogP contribution < -0.4 is 15.4 Å². The van der Waals surface area contributed by atoms with Crippen LogP contribution in [-0.2, 0) is 14.8 Å². The number of carbonyl (C=O) groups excluding carboxylic acids is 2. The summed E-state index contributed by atoms with van der Waals surface area (Å²) in [5.41, 5.74) is 0.318. The Labute approximate surface area is 180 Å². The SMILES string of the molecule is CCOc1ccc(NC(=O)C(C)NC(=O)c2cccs2)cc1S(=O)(=O)N1CCCC1. The molecule has 2 heterocycles. The van der Waals surface area contributed by atoms with E-state index in [1.54, 1.807) is 37.4 Å². The van der Waals surface area contributed by atoms with Crippen LogP contribution in [0.15, 0.2) is 40.6 Å². The summed E-state index contributed by atoms with van der Waals surface area (Å²) in [6, 6.07) is 7.16. The Kier molecular flexibility index (Phi) is 7.11. The zero-order valence-electron chi connectivity index (χ0n) is 16.9. The Morgan fingerprint density at radius 3 is 2.60 bits per heavy atom. The minimum absolute atomic E-state index is 0.0272. The second-order valence-corrected chi connectivity index (χ2v) is 9.72. The molecule has 30 heavy (non-hydrogen) atoms. The quantitative estimate of drug-likeness (QED) is 0.642. The van der Waals surface area contributed by atoms with Gasteiger partial charge in [0.25, 0.3) is 5.91 Å². The fourth-order valence-corrected chi connectivity index (χ4v) is 5.42. The molecule has 1 aromatic carbocycles. The Morgan fingerprint density at radius 2 is 1.97 bits per heavy atom. The van der Waals surface area contributed by atoms with Crippen LogP contribution in [0.2, 0.25) is 0 Å². The van der Waals surface area contributed by atoms with Gasteiger partial charge in [0.15, 0.2) is 0 Å². The Bertz CT molecular complexity index is 999. The molecule has 0 aliphatic carbocycles. The standard InChI is InChI=1S/C20H25N3O5S2/c1-3-28-16-9-8-15(13-18(16)30(26,27)23-10-4-5-11-23)22-19(24)14(2)21-20(25)17-7-6-12-29-17/h6-9,12-14H,3-5,10-11H2,1-2H3,(H,21,25)(H,22,24). The summed E-state index contributed by atoms with van der Waals surface area (Å²) in [6.07, 6.45) is 1.64. The number of thiophene rings is 1. The number of carbonyl (C=O) groups is 2. The van der Waals surface area contributed by atoms with Gasteiger partial charge < -0.3 is 15.4 Å². The topological polar surface area (TPSA) is 105 Å². The van der Waals surface area contributed by atoms with Crippen molar-refractivity contribution in [3.63, 3.8) is 0 Å². The van der Waals surface area contributed by atoms with Crippen LogP contribution in [0, 0.1) is 0 Å². The molecule has 1 atom stereocenters. The molecular formula is C20H25N3O5S2. The zero-order chi connectivity index (χ0) is 21.7. The van der Waals surface area contributed by atoms with E-state index in [-0.39, 0.29) is 16.6 Å². The average Bonchev–Trinajstić information content (AvgIpc) is 3.43. The minimum atomic E-state index is -3.73. The van der Waals surface area contributed by atoms with Crippen LogP contribution >= 0.6 is 11.3 Å². The normalized spacial score (nSPS) is 15.5. The minimum Gasteiger partial charge on any atom is -0.492 e. The number of hydrogen-bond acceptors (Lipinski definition) is 6. The summed E-state index contributed by atoms with van der Waals surface area (Å²) in [5.74, 6) is -0.535. The highest BCUT2D eigenvalue weighted by Crippen LogP contribution is 2.31. The molecule has 0 saturated carbocycles.